The molecule has 0 N–H and O–H groups in total. The molecule has 1 saturated heterocycles. The summed E-state index contributed by atoms with van der Waals surface area (Å²) in [5.74, 6) is 4.69. The Kier molecular flexibility index (Phi) is 5.79. The molecule has 0 bridgehead atoms. The van der Waals surface area contributed by atoms with Crippen molar-refractivity contribution in [1.82, 2.24) is 0 Å². The van der Waals surface area contributed by atoms with Gasteiger partial charge in [0.2, 0.25) is 0 Å². The molecule has 5 fully saturated rings. The second-order valence-corrected chi connectivity index (χ2v) is 13.4. The van der Waals surface area contributed by atoms with Gasteiger partial charge in [0, 0.05) is 12.3 Å². The van der Waals surface area contributed by atoms with Crippen LogP contribution >= 0.6 is 0 Å². The third-order valence-corrected chi connectivity index (χ3v) is 11.6. The van der Waals surface area contributed by atoms with Crippen molar-refractivity contribution < 1.29 is 14.3 Å². The number of ether oxygens (including phenoxy) is 2. The van der Waals surface area contributed by atoms with Gasteiger partial charge in [0.25, 0.3) is 0 Å². The van der Waals surface area contributed by atoms with Gasteiger partial charge in [-0.05, 0) is 92.3 Å². The smallest absolute Gasteiger partial charge is 0.302 e. The second kappa shape index (κ2) is 7.99. The molecule has 32 heavy (non-hydrogen) atoms. The van der Waals surface area contributed by atoms with E-state index in [0.29, 0.717) is 17.4 Å². The van der Waals surface area contributed by atoms with Crippen LogP contribution < -0.4 is 0 Å². The molecule has 182 valence electrons. The first kappa shape index (κ1) is 23.2. The average Bonchev–Trinajstić information content (AvgIpc) is 3.30. The number of hydrogen-bond acceptors (Lipinski definition) is 3. The van der Waals surface area contributed by atoms with Crippen molar-refractivity contribution in [3.63, 3.8) is 0 Å². The molecular weight excluding hydrogens is 396 g/mol. The van der Waals surface area contributed by atoms with Gasteiger partial charge in [-0.2, -0.15) is 0 Å². The predicted molar refractivity (Wildman–Crippen MR) is 128 cm³/mol. The molecule has 4 saturated carbocycles. The molecule has 0 radical (unpaired) electrons. The van der Waals surface area contributed by atoms with Crippen LogP contribution in [0.5, 0.6) is 0 Å². The third-order valence-electron chi connectivity index (χ3n) is 11.6. The van der Waals surface area contributed by atoms with E-state index in [0.717, 1.165) is 42.4 Å². The summed E-state index contributed by atoms with van der Waals surface area (Å²) in [5.41, 5.74) is 0.504. The lowest BCUT2D eigenvalue weighted by Crippen LogP contribution is -2.62. The van der Waals surface area contributed by atoms with Crippen LogP contribution in [-0.2, 0) is 14.3 Å². The van der Waals surface area contributed by atoms with E-state index in [1.807, 2.05) is 0 Å². The van der Waals surface area contributed by atoms with Crippen molar-refractivity contribution in [3.8, 4) is 0 Å². The van der Waals surface area contributed by atoms with Crippen molar-refractivity contribution in [2.45, 2.75) is 130 Å². The van der Waals surface area contributed by atoms with Gasteiger partial charge in [0.15, 0.2) is 0 Å². The maximum atomic E-state index is 12.0. The van der Waals surface area contributed by atoms with Crippen LogP contribution in [0.25, 0.3) is 0 Å². The minimum atomic E-state index is -0.107. The Morgan fingerprint density at radius 2 is 1.81 bits per heavy atom. The molecule has 3 heteroatoms. The number of esters is 1. The van der Waals surface area contributed by atoms with E-state index >= 15 is 0 Å². The predicted octanol–water partition coefficient (Wildman–Crippen LogP) is 7.17. The third kappa shape index (κ3) is 3.26. The van der Waals surface area contributed by atoms with Crippen LogP contribution in [0.2, 0.25) is 0 Å². The minimum absolute atomic E-state index is 0.00240. The topological polar surface area (TPSA) is 38.8 Å². The van der Waals surface area contributed by atoms with E-state index in [1.165, 1.54) is 57.8 Å². The lowest BCUT2D eigenvalue weighted by molar-refractivity contribution is -0.185. The monoisotopic (exact) mass is 444 g/mol. The lowest BCUT2D eigenvalue weighted by Gasteiger charge is -2.60. The van der Waals surface area contributed by atoms with Crippen molar-refractivity contribution in [1.29, 1.82) is 0 Å². The maximum absolute atomic E-state index is 12.0. The Labute approximate surface area is 196 Å². The standard InChI is InChI=1S/C29H48O3/c1-18(2)9-7-10-19(3)22-12-13-23-21-17-26-29(32-26)15-8-11-25(31-20(4)30)28(29,6)24(21)14-16-27(22,23)5/h18-19,21-26H,7-17H2,1-6H3/t19-,21+,22-,23+,24+,25?,26?,27-,28+,29?/m1/s1. The normalized spacial score (nSPS) is 50.1. The van der Waals surface area contributed by atoms with E-state index < -0.39 is 0 Å². The molecule has 0 aromatic heterocycles. The molecule has 5 aliphatic rings. The highest BCUT2D eigenvalue weighted by molar-refractivity contribution is 5.66. The quantitative estimate of drug-likeness (QED) is 0.322. The number of fused-ring (bicyclic) bond motifs is 4. The zero-order valence-corrected chi connectivity index (χ0v) is 21.6. The van der Waals surface area contributed by atoms with E-state index in [9.17, 15) is 4.79 Å². The Morgan fingerprint density at radius 1 is 1.03 bits per heavy atom. The van der Waals surface area contributed by atoms with Crippen LogP contribution in [0.3, 0.4) is 0 Å². The summed E-state index contributed by atoms with van der Waals surface area (Å²) in [6.07, 6.45) is 14.7. The van der Waals surface area contributed by atoms with E-state index in [4.69, 9.17) is 9.47 Å². The van der Waals surface area contributed by atoms with Crippen LogP contribution in [-0.4, -0.2) is 23.8 Å². The number of carbonyl (C=O) groups excluding carboxylic acids is 1. The Balaban J connectivity index is 1.37. The van der Waals surface area contributed by atoms with Crippen LogP contribution in [0.4, 0.5) is 0 Å². The fourth-order valence-electron chi connectivity index (χ4n) is 10.1. The Morgan fingerprint density at radius 3 is 2.53 bits per heavy atom. The van der Waals surface area contributed by atoms with E-state index in [-0.39, 0.29) is 23.1 Å². The van der Waals surface area contributed by atoms with Gasteiger partial charge in [-0.3, -0.25) is 4.79 Å². The number of epoxide rings is 1. The first-order valence-corrected chi connectivity index (χ1v) is 14.0. The molecule has 3 unspecified atom stereocenters. The van der Waals surface area contributed by atoms with E-state index in [1.54, 1.807) is 6.92 Å². The van der Waals surface area contributed by atoms with Gasteiger partial charge in [-0.15, -0.1) is 0 Å². The highest BCUT2D eigenvalue weighted by atomic mass is 16.6. The van der Waals surface area contributed by atoms with Crippen molar-refractivity contribution >= 4 is 5.97 Å². The van der Waals surface area contributed by atoms with Crippen LogP contribution in [0, 0.1) is 46.3 Å². The zero-order chi connectivity index (χ0) is 22.9. The van der Waals surface area contributed by atoms with Gasteiger partial charge < -0.3 is 9.47 Å². The van der Waals surface area contributed by atoms with Gasteiger partial charge in [0.05, 0.1) is 6.10 Å². The van der Waals surface area contributed by atoms with Gasteiger partial charge in [-0.1, -0.05) is 53.9 Å². The molecule has 1 heterocycles. The molecule has 0 aromatic rings. The summed E-state index contributed by atoms with van der Waals surface area (Å²) in [4.78, 5) is 12.0. The fourth-order valence-corrected chi connectivity index (χ4v) is 10.1. The van der Waals surface area contributed by atoms with Gasteiger partial charge in [0.1, 0.15) is 11.7 Å². The van der Waals surface area contributed by atoms with Gasteiger partial charge in [-0.25, -0.2) is 0 Å². The number of rotatable bonds is 6. The fraction of sp³-hybridized carbons (Fsp3) is 0.966. The number of hydrogen-bond donors (Lipinski definition) is 0. The molecule has 1 aliphatic heterocycles. The van der Waals surface area contributed by atoms with E-state index in [2.05, 4.69) is 34.6 Å². The summed E-state index contributed by atoms with van der Waals surface area (Å²) in [5, 5.41) is 0. The Bertz CT molecular complexity index is 732. The molecule has 3 nitrogen and oxygen atoms in total. The average molecular weight is 445 g/mol. The summed E-state index contributed by atoms with van der Waals surface area (Å²) in [6, 6.07) is 0. The van der Waals surface area contributed by atoms with Crippen molar-refractivity contribution in [2.24, 2.45) is 46.3 Å². The highest BCUT2D eigenvalue weighted by Gasteiger charge is 2.78. The number of carbonyl (C=O) groups is 1. The molecule has 10 atom stereocenters. The molecule has 0 aromatic carbocycles. The highest BCUT2D eigenvalue weighted by Crippen LogP contribution is 2.74. The first-order valence-electron chi connectivity index (χ1n) is 14.0. The zero-order valence-electron chi connectivity index (χ0n) is 21.6. The molecular formula is C29H48O3. The summed E-state index contributed by atoms with van der Waals surface area (Å²) in [6.45, 7) is 14.0. The SMILES string of the molecule is CC(=O)OC1CCCC23OC2C[C@H]2[C@@H]4CC[C@H]([C@H](C)CCCC(C)C)[C@@]4(C)CC[C@@H]2[C@@]13C. The molecule has 4 aliphatic carbocycles. The minimum Gasteiger partial charge on any atom is -0.462 e. The maximum Gasteiger partial charge on any atom is 0.302 e. The van der Waals surface area contributed by atoms with Crippen molar-refractivity contribution in [2.75, 3.05) is 0 Å². The second-order valence-electron chi connectivity index (χ2n) is 13.4. The first-order chi connectivity index (χ1) is 15.1. The summed E-state index contributed by atoms with van der Waals surface area (Å²) < 4.78 is 12.7. The molecule has 5 rings (SSSR count). The largest absolute Gasteiger partial charge is 0.462 e. The lowest BCUT2D eigenvalue weighted by atomic mass is 9.43. The molecule has 1 spiro atoms. The van der Waals surface area contributed by atoms with Crippen LogP contribution in [0.15, 0.2) is 0 Å². The Hall–Kier alpha value is -0.570. The summed E-state index contributed by atoms with van der Waals surface area (Å²) in [7, 11) is 0. The van der Waals surface area contributed by atoms with Crippen molar-refractivity contribution in [3.05, 3.63) is 0 Å². The molecule has 0 amide bonds. The van der Waals surface area contributed by atoms with Crippen LogP contribution in [0.1, 0.15) is 112 Å². The van der Waals surface area contributed by atoms with Gasteiger partial charge >= 0.3 is 5.97 Å². The summed E-state index contributed by atoms with van der Waals surface area (Å²) >= 11 is 0.